The van der Waals surface area contributed by atoms with E-state index in [4.69, 9.17) is 9.47 Å². The number of hydrogen-bond donors (Lipinski definition) is 1. The monoisotopic (exact) mass is 429 g/mol. The van der Waals surface area contributed by atoms with Crippen LogP contribution in [0.4, 0.5) is 0 Å². The van der Waals surface area contributed by atoms with Gasteiger partial charge in [0.05, 0.1) is 12.0 Å². The van der Waals surface area contributed by atoms with E-state index in [1.807, 2.05) is 49.4 Å². The van der Waals surface area contributed by atoms with Crippen molar-refractivity contribution in [1.82, 2.24) is 4.57 Å². The standard InChI is InChI=1S/C26H23NO5/c1-16-12-23-25(26(30)27(16)11-10-17-6-8-20(28)9-7-17)21(14-24(29)32-23)19-13-18-4-2-3-5-22(18)31-15-19/h2-9,12-13,21,28H,10-11,14-15H2,1H3. The number of phenols is 1. The van der Waals surface area contributed by atoms with Gasteiger partial charge in [-0.05, 0) is 48.8 Å². The second-order valence-corrected chi connectivity index (χ2v) is 8.21. The third kappa shape index (κ3) is 3.68. The Morgan fingerprint density at radius 3 is 2.66 bits per heavy atom. The molecule has 0 bridgehead atoms. The number of para-hydroxylation sites is 1. The lowest BCUT2D eigenvalue weighted by Gasteiger charge is -2.29. The Bertz CT molecular complexity index is 1290. The van der Waals surface area contributed by atoms with Crippen LogP contribution in [0.25, 0.3) is 6.08 Å². The van der Waals surface area contributed by atoms with Crippen LogP contribution >= 0.6 is 0 Å². The van der Waals surface area contributed by atoms with Crippen LogP contribution in [-0.4, -0.2) is 22.2 Å². The van der Waals surface area contributed by atoms with Gasteiger partial charge in [-0.15, -0.1) is 0 Å². The SMILES string of the molecule is Cc1cc2c(c(=O)n1CCc1ccc(O)cc1)C(C1=Cc3ccccc3OC1)CC(=O)O2. The number of benzene rings is 2. The Hall–Kier alpha value is -3.80. The van der Waals surface area contributed by atoms with Crippen LogP contribution in [0.1, 0.15) is 34.7 Å². The minimum absolute atomic E-state index is 0.112. The molecule has 162 valence electrons. The fourth-order valence-corrected chi connectivity index (χ4v) is 4.43. The van der Waals surface area contributed by atoms with Crippen molar-refractivity contribution in [1.29, 1.82) is 0 Å². The molecule has 0 aliphatic carbocycles. The molecule has 1 unspecified atom stereocenters. The Kier molecular flexibility index (Phi) is 5.05. The summed E-state index contributed by atoms with van der Waals surface area (Å²) in [6, 6.07) is 16.5. The number of pyridine rings is 1. The van der Waals surface area contributed by atoms with Gasteiger partial charge in [-0.2, -0.15) is 0 Å². The fraction of sp³-hybridized carbons (Fsp3) is 0.231. The van der Waals surface area contributed by atoms with Gasteiger partial charge in [-0.1, -0.05) is 30.3 Å². The molecular weight excluding hydrogens is 406 g/mol. The molecule has 1 aromatic heterocycles. The number of aryl methyl sites for hydroxylation is 2. The van der Waals surface area contributed by atoms with Gasteiger partial charge >= 0.3 is 5.97 Å². The van der Waals surface area contributed by atoms with Crippen molar-refractivity contribution < 1.29 is 19.4 Å². The molecule has 0 amide bonds. The maximum absolute atomic E-state index is 13.6. The molecule has 2 aliphatic heterocycles. The van der Waals surface area contributed by atoms with E-state index in [-0.39, 0.29) is 29.6 Å². The van der Waals surface area contributed by atoms with E-state index in [1.165, 1.54) is 0 Å². The summed E-state index contributed by atoms with van der Waals surface area (Å²) in [5.41, 5.74) is 3.96. The van der Waals surface area contributed by atoms with Gasteiger partial charge in [-0.3, -0.25) is 9.59 Å². The van der Waals surface area contributed by atoms with Gasteiger partial charge < -0.3 is 19.1 Å². The average Bonchev–Trinajstić information content (AvgIpc) is 2.79. The number of esters is 1. The zero-order chi connectivity index (χ0) is 22.2. The van der Waals surface area contributed by atoms with Crippen LogP contribution < -0.4 is 15.0 Å². The molecule has 3 heterocycles. The molecule has 2 aromatic carbocycles. The number of nitrogens with zero attached hydrogens (tertiary/aromatic N) is 1. The van der Waals surface area contributed by atoms with Crippen LogP contribution in [-0.2, 0) is 17.8 Å². The number of ether oxygens (including phenoxy) is 2. The van der Waals surface area contributed by atoms with E-state index in [1.54, 1.807) is 22.8 Å². The quantitative estimate of drug-likeness (QED) is 0.635. The van der Waals surface area contributed by atoms with E-state index < -0.39 is 0 Å². The molecule has 1 atom stereocenters. The molecule has 1 N–H and O–H groups in total. The van der Waals surface area contributed by atoms with Crippen molar-refractivity contribution in [2.75, 3.05) is 6.61 Å². The lowest BCUT2D eigenvalue weighted by Crippen LogP contribution is -2.34. The number of aromatic hydroxyl groups is 1. The maximum atomic E-state index is 13.6. The first-order valence-corrected chi connectivity index (χ1v) is 10.6. The summed E-state index contributed by atoms with van der Waals surface area (Å²) in [4.78, 5) is 25.9. The summed E-state index contributed by atoms with van der Waals surface area (Å²) in [5.74, 6) is 0.625. The van der Waals surface area contributed by atoms with Crippen molar-refractivity contribution in [3.8, 4) is 17.2 Å². The highest BCUT2D eigenvalue weighted by molar-refractivity contribution is 5.78. The van der Waals surface area contributed by atoms with Gasteiger partial charge in [0, 0.05) is 29.8 Å². The van der Waals surface area contributed by atoms with Crippen LogP contribution in [0.2, 0.25) is 0 Å². The van der Waals surface area contributed by atoms with E-state index >= 15 is 0 Å². The Morgan fingerprint density at radius 2 is 1.84 bits per heavy atom. The van der Waals surface area contributed by atoms with Gasteiger partial charge in [0.2, 0.25) is 0 Å². The number of fused-ring (bicyclic) bond motifs is 2. The Labute approximate surface area is 185 Å². The summed E-state index contributed by atoms with van der Waals surface area (Å²) in [6.45, 7) is 2.66. The summed E-state index contributed by atoms with van der Waals surface area (Å²) < 4.78 is 13.1. The molecule has 6 nitrogen and oxygen atoms in total. The molecule has 5 rings (SSSR count). The number of aromatic nitrogens is 1. The van der Waals surface area contributed by atoms with Crippen molar-refractivity contribution >= 4 is 12.0 Å². The molecule has 0 saturated heterocycles. The van der Waals surface area contributed by atoms with Crippen molar-refractivity contribution in [2.45, 2.75) is 32.2 Å². The topological polar surface area (TPSA) is 77.8 Å². The largest absolute Gasteiger partial charge is 0.508 e. The van der Waals surface area contributed by atoms with E-state index in [9.17, 15) is 14.7 Å². The first-order valence-electron chi connectivity index (χ1n) is 10.6. The Balaban J connectivity index is 1.53. The lowest BCUT2D eigenvalue weighted by molar-refractivity contribution is -0.135. The summed E-state index contributed by atoms with van der Waals surface area (Å²) in [7, 11) is 0. The zero-order valence-electron chi connectivity index (χ0n) is 17.7. The second kappa shape index (κ2) is 8.04. The van der Waals surface area contributed by atoms with E-state index in [2.05, 4.69) is 0 Å². The van der Waals surface area contributed by atoms with Gasteiger partial charge in [0.15, 0.2) is 0 Å². The van der Waals surface area contributed by atoms with Crippen molar-refractivity contribution in [3.63, 3.8) is 0 Å². The number of hydrogen-bond acceptors (Lipinski definition) is 5. The van der Waals surface area contributed by atoms with Gasteiger partial charge in [0.1, 0.15) is 23.9 Å². The molecule has 6 heteroatoms. The molecule has 32 heavy (non-hydrogen) atoms. The van der Waals surface area contributed by atoms with E-state index in [0.29, 0.717) is 30.9 Å². The third-order valence-corrected chi connectivity index (χ3v) is 6.11. The third-order valence-electron chi connectivity index (χ3n) is 6.11. The summed E-state index contributed by atoms with van der Waals surface area (Å²) in [6.07, 6.45) is 2.77. The van der Waals surface area contributed by atoms with Crippen molar-refractivity contribution in [3.05, 3.63) is 92.9 Å². The highest BCUT2D eigenvalue weighted by Gasteiger charge is 2.34. The minimum Gasteiger partial charge on any atom is -0.508 e. The molecule has 0 spiro atoms. The molecule has 0 saturated carbocycles. The summed E-state index contributed by atoms with van der Waals surface area (Å²) in [5, 5.41) is 9.49. The average molecular weight is 429 g/mol. The van der Waals surface area contributed by atoms with E-state index in [0.717, 1.165) is 28.1 Å². The smallest absolute Gasteiger partial charge is 0.312 e. The van der Waals surface area contributed by atoms with Crippen LogP contribution in [0, 0.1) is 6.92 Å². The number of carbonyl (C=O) groups is 1. The normalized spacial score (nSPS) is 17.0. The van der Waals surface area contributed by atoms with Crippen molar-refractivity contribution in [2.24, 2.45) is 0 Å². The first kappa shape index (κ1) is 20.1. The molecular formula is C26H23NO5. The van der Waals surface area contributed by atoms with Gasteiger partial charge in [-0.25, -0.2) is 0 Å². The summed E-state index contributed by atoms with van der Waals surface area (Å²) >= 11 is 0. The molecule has 0 radical (unpaired) electrons. The van der Waals surface area contributed by atoms with Crippen LogP contribution in [0.5, 0.6) is 17.2 Å². The van der Waals surface area contributed by atoms with Crippen LogP contribution in [0.3, 0.4) is 0 Å². The number of rotatable bonds is 4. The maximum Gasteiger partial charge on any atom is 0.312 e. The molecule has 0 fully saturated rings. The molecule has 2 aliphatic rings. The predicted octanol–water partition coefficient (Wildman–Crippen LogP) is 3.97. The minimum atomic E-state index is -0.382. The second-order valence-electron chi connectivity index (χ2n) is 8.21. The zero-order valence-corrected chi connectivity index (χ0v) is 17.7. The fourth-order valence-electron chi connectivity index (χ4n) is 4.43. The highest BCUT2D eigenvalue weighted by Crippen LogP contribution is 2.40. The van der Waals surface area contributed by atoms with Crippen LogP contribution in [0.15, 0.2) is 65.0 Å². The highest BCUT2D eigenvalue weighted by atomic mass is 16.5. The Morgan fingerprint density at radius 1 is 1.06 bits per heavy atom. The predicted molar refractivity (Wildman–Crippen MR) is 120 cm³/mol. The first-order chi connectivity index (χ1) is 15.5. The van der Waals surface area contributed by atoms with Gasteiger partial charge in [0.25, 0.3) is 5.56 Å². The number of phenolic OH excluding ortho intramolecular Hbond substituents is 1. The number of carbonyl (C=O) groups excluding carboxylic acids is 1. The molecule has 3 aromatic rings. The lowest BCUT2D eigenvalue weighted by atomic mass is 9.85.